The molecule has 0 saturated carbocycles. The smallest absolute Gasteiger partial charge is 0.326 e. The molecule has 0 heterocycles. The lowest BCUT2D eigenvalue weighted by Crippen LogP contribution is -2.42. The fourth-order valence-electron chi connectivity index (χ4n) is 1.38. The van der Waals surface area contributed by atoms with Gasteiger partial charge >= 0.3 is 11.9 Å². The third kappa shape index (κ3) is 4.20. The van der Waals surface area contributed by atoms with Crippen molar-refractivity contribution in [2.75, 3.05) is 7.11 Å². The summed E-state index contributed by atoms with van der Waals surface area (Å²) in [4.78, 5) is 33.5. The lowest BCUT2D eigenvalue weighted by Gasteiger charge is -2.13. The number of hydrogen-bond donors (Lipinski definition) is 2. The first-order chi connectivity index (χ1) is 9.76. The summed E-state index contributed by atoms with van der Waals surface area (Å²) in [6, 6.07) is -0.837. The number of esters is 1. The van der Waals surface area contributed by atoms with Crippen LogP contribution in [0.3, 0.4) is 0 Å². The van der Waals surface area contributed by atoms with E-state index in [4.69, 9.17) is 5.11 Å². The molecule has 0 bridgehead atoms. The maximum Gasteiger partial charge on any atom is 0.326 e. The van der Waals surface area contributed by atoms with E-state index < -0.39 is 53.3 Å². The predicted molar refractivity (Wildman–Crippen MR) is 61.8 cm³/mol. The normalized spacial score (nSPS) is 11.6. The van der Waals surface area contributed by atoms with E-state index in [-0.39, 0.29) is 0 Å². The van der Waals surface area contributed by atoms with Crippen molar-refractivity contribution in [2.24, 2.45) is 0 Å². The van der Waals surface area contributed by atoms with Crippen LogP contribution in [0.5, 0.6) is 0 Å². The van der Waals surface area contributed by atoms with Crippen LogP contribution >= 0.6 is 0 Å². The summed E-state index contributed by atoms with van der Waals surface area (Å²) in [5.74, 6) is -8.57. The quantitative estimate of drug-likeness (QED) is 0.621. The Morgan fingerprint density at radius 2 is 1.76 bits per heavy atom. The average Bonchev–Trinajstić information content (AvgIpc) is 2.42. The highest BCUT2D eigenvalue weighted by atomic mass is 19.2. The predicted octanol–water partition coefficient (Wildman–Crippen LogP) is 0.850. The fraction of sp³-hybridized carbons (Fsp3) is 0.250. The van der Waals surface area contributed by atoms with E-state index in [0.717, 1.165) is 7.11 Å². The molecular weight excluding hydrogens is 295 g/mol. The number of carboxylic acid groups (broad SMARTS) is 1. The summed E-state index contributed by atoms with van der Waals surface area (Å²) in [5.41, 5.74) is -0.623. The Morgan fingerprint density at radius 3 is 2.19 bits per heavy atom. The second kappa shape index (κ2) is 6.73. The molecule has 0 aliphatic heterocycles. The molecule has 1 aromatic carbocycles. The Bertz CT molecular complexity index is 567. The summed E-state index contributed by atoms with van der Waals surface area (Å²) in [6.07, 6.45) is -0.677. The minimum absolute atomic E-state index is 0.408. The summed E-state index contributed by atoms with van der Waals surface area (Å²) >= 11 is 0. The summed E-state index contributed by atoms with van der Waals surface area (Å²) in [7, 11) is 1.02. The standard InChI is InChI=1S/C12H10F3NO5/c1-21-9(17)4-8(12(19)20)16-11(18)5-2-6(13)10(15)7(14)3-5/h2-3,8H,4H2,1H3,(H,16,18)(H,19,20)/t8-/m0/s1. The number of halogens is 3. The van der Waals surface area contributed by atoms with Crippen molar-refractivity contribution in [3.8, 4) is 0 Å². The monoisotopic (exact) mass is 305 g/mol. The van der Waals surface area contributed by atoms with Crippen LogP contribution < -0.4 is 5.32 Å². The molecule has 1 atom stereocenters. The first kappa shape index (κ1) is 16.5. The Balaban J connectivity index is 2.92. The topological polar surface area (TPSA) is 92.7 Å². The number of amides is 1. The number of aliphatic carboxylic acids is 1. The number of carbonyl (C=O) groups excluding carboxylic acids is 2. The van der Waals surface area contributed by atoms with Crippen LogP contribution in [0.1, 0.15) is 16.8 Å². The third-order valence-corrected chi connectivity index (χ3v) is 2.45. The number of benzene rings is 1. The highest BCUT2D eigenvalue weighted by molar-refractivity contribution is 5.97. The van der Waals surface area contributed by atoms with Gasteiger partial charge in [0, 0.05) is 5.56 Å². The minimum Gasteiger partial charge on any atom is -0.480 e. The molecule has 1 aromatic rings. The van der Waals surface area contributed by atoms with Crippen molar-refractivity contribution in [1.29, 1.82) is 0 Å². The van der Waals surface area contributed by atoms with Crippen molar-refractivity contribution >= 4 is 17.8 Å². The number of carbonyl (C=O) groups is 3. The molecule has 0 radical (unpaired) electrons. The van der Waals surface area contributed by atoms with Crippen LogP contribution in [-0.2, 0) is 14.3 Å². The van der Waals surface area contributed by atoms with E-state index >= 15 is 0 Å². The fourth-order valence-corrected chi connectivity index (χ4v) is 1.38. The van der Waals surface area contributed by atoms with Gasteiger partial charge in [-0.25, -0.2) is 18.0 Å². The highest BCUT2D eigenvalue weighted by Crippen LogP contribution is 2.13. The highest BCUT2D eigenvalue weighted by Gasteiger charge is 2.25. The maximum atomic E-state index is 13.0. The molecule has 21 heavy (non-hydrogen) atoms. The summed E-state index contributed by atoms with van der Waals surface area (Å²) in [6.45, 7) is 0. The average molecular weight is 305 g/mol. The van der Waals surface area contributed by atoms with Crippen LogP contribution in [0, 0.1) is 17.5 Å². The van der Waals surface area contributed by atoms with E-state index in [1.165, 1.54) is 0 Å². The summed E-state index contributed by atoms with van der Waals surface area (Å²) < 4.78 is 42.9. The molecule has 114 valence electrons. The van der Waals surface area contributed by atoms with E-state index in [2.05, 4.69) is 4.74 Å². The Morgan fingerprint density at radius 1 is 1.24 bits per heavy atom. The van der Waals surface area contributed by atoms with E-state index in [1.54, 1.807) is 0 Å². The summed E-state index contributed by atoms with van der Waals surface area (Å²) in [5, 5.41) is 10.7. The largest absolute Gasteiger partial charge is 0.480 e. The van der Waals surface area contributed by atoms with Crippen molar-refractivity contribution < 1.29 is 37.4 Å². The van der Waals surface area contributed by atoms with Gasteiger partial charge in [-0.2, -0.15) is 0 Å². The number of carboxylic acids is 1. The zero-order valence-corrected chi connectivity index (χ0v) is 10.7. The van der Waals surface area contributed by atoms with Crippen LogP contribution in [-0.4, -0.2) is 36.1 Å². The molecule has 0 saturated heterocycles. The van der Waals surface area contributed by atoms with Crippen molar-refractivity contribution in [3.05, 3.63) is 35.1 Å². The van der Waals surface area contributed by atoms with Crippen molar-refractivity contribution in [2.45, 2.75) is 12.5 Å². The molecule has 0 aliphatic carbocycles. The lowest BCUT2D eigenvalue weighted by molar-refractivity contribution is -0.147. The van der Waals surface area contributed by atoms with Crippen LogP contribution in [0.25, 0.3) is 0 Å². The van der Waals surface area contributed by atoms with Gasteiger partial charge in [-0.3, -0.25) is 9.59 Å². The zero-order chi connectivity index (χ0) is 16.2. The van der Waals surface area contributed by atoms with Gasteiger partial charge in [0.05, 0.1) is 13.5 Å². The molecule has 0 aliphatic rings. The van der Waals surface area contributed by atoms with Crippen molar-refractivity contribution in [1.82, 2.24) is 5.32 Å². The van der Waals surface area contributed by atoms with Crippen LogP contribution in [0.4, 0.5) is 13.2 Å². The van der Waals surface area contributed by atoms with Gasteiger partial charge in [-0.05, 0) is 12.1 Å². The van der Waals surface area contributed by atoms with Gasteiger partial charge in [0.1, 0.15) is 6.04 Å². The van der Waals surface area contributed by atoms with Gasteiger partial charge in [0.15, 0.2) is 17.5 Å². The van der Waals surface area contributed by atoms with Gasteiger partial charge in [0.25, 0.3) is 5.91 Å². The first-order valence-electron chi connectivity index (χ1n) is 5.51. The third-order valence-electron chi connectivity index (χ3n) is 2.45. The van der Waals surface area contributed by atoms with E-state index in [1.807, 2.05) is 5.32 Å². The maximum absolute atomic E-state index is 13.0. The molecule has 0 unspecified atom stereocenters. The number of nitrogens with one attached hydrogen (secondary N) is 1. The first-order valence-corrected chi connectivity index (χ1v) is 5.51. The number of ether oxygens (including phenoxy) is 1. The molecule has 0 spiro atoms. The Hall–Kier alpha value is -2.58. The molecule has 1 rings (SSSR count). The Kier molecular flexibility index (Phi) is 5.28. The Labute approximate surface area is 116 Å². The molecule has 1 amide bonds. The molecular formula is C12H10F3NO5. The van der Waals surface area contributed by atoms with Crippen LogP contribution in [0.2, 0.25) is 0 Å². The molecule has 0 fully saturated rings. The molecule has 2 N–H and O–H groups in total. The number of methoxy groups -OCH3 is 1. The SMILES string of the molecule is COC(=O)C[C@H](NC(=O)c1cc(F)c(F)c(F)c1)C(=O)O. The zero-order valence-electron chi connectivity index (χ0n) is 10.7. The molecule has 9 heteroatoms. The van der Waals surface area contributed by atoms with E-state index in [0.29, 0.717) is 12.1 Å². The van der Waals surface area contributed by atoms with Gasteiger partial charge < -0.3 is 15.2 Å². The van der Waals surface area contributed by atoms with Crippen molar-refractivity contribution in [3.63, 3.8) is 0 Å². The van der Waals surface area contributed by atoms with Crippen LogP contribution in [0.15, 0.2) is 12.1 Å². The minimum atomic E-state index is -1.75. The molecule has 6 nitrogen and oxygen atoms in total. The molecule has 0 aromatic heterocycles. The van der Waals surface area contributed by atoms with E-state index in [9.17, 15) is 27.6 Å². The second-order valence-corrected chi connectivity index (χ2v) is 3.90. The number of rotatable bonds is 5. The van der Waals surface area contributed by atoms with Gasteiger partial charge in [-0.15, -0.1) is 0 Å². The lowest BCUT2D eigenvalue weighted by atomic mass is 10.1. The second-order valence-electron chi connectivity index (χ2n) is 3.90. The van der Waals surface area contributed by atoms with Gasteiger partial charge in [0.2, 0.25) is 0 Å². The number of hydrogen-bond acceptors (Lipinski definition) is 4. The van der Waals surface area contributed by atoms with Gasteiger partial charge in [-0.1, -0.05) is 0 Å².